The number of rotatable bonds is 9. The second-order valence-corrected chi connectivity index (χ2v) is 16.8. The van der Waals surface area contributed by atoms with Crippen molar-refractivity contribution in [1.82, 2.24) is 4.57 Å². The third kappa shape index (κ3) is 6.89. The van der Waals surface area contributed by atoms with Crippen LogP contribution >= 0.6 is 11.3 Å². The molecule has 0 amide bonds. The van der Waals surface area contributed by atoms with Gasteiger partial charge in [0.15, 0.2) is 5.84 Å². The van der Waals surface area contributed by atoms with Crippen molar-refractivity contribution in [3.05, 3.63) is 223 Å². The van der Waals surface area contributed by atoms with E-state index in [9.17, 15) is 0 Å². The molecule has 0 fully saturated rings. The van der Waals surface area contributed by atoms with Gasteiger partial charge in [-0.15, -0.1) is 11.3 Å². The van der Waals surface area contributed by atoms with Crippen LogP contribution in [0.15, 0.2) is 209 Å². The van der Waals surface area contributed by atoms with Crippen LogP contribution in [0.3, 0.4) is 0 Å². The first-order valence-electron chi connectivity index (χ1n) is 21.2. The van der Waals surface area contributed by atoms with Gasteiger partial charge < -0.3 is 8.98 Å². The minimum Gasteiger partial charge on any atom is -0.456 e. The van der Waals surface area contributed by atoms with Crippen molar-refractivity contribution in [2.75, 3.05) is 0 Å². The molecule has 0 radical (unpaired) electrons. The molecule has 11 rings (SSSR count). The Labute approximate surface area is 369 Å². The molecule has 0 spiro atoms. The number of allylic oxidation sites excluding steroid dienone is 1. The molecule has 0 aliphatic carbocycles. The summed E-state index contributed by atoms with van der Waals surface area (Å²) in [6.07, 6.45) is 8.20. The predicted octanol–water partition coefficient (Wildman–Crippen LogP) is 16.0. The van der Waals surface area contributed by atoms with Gasteiger partial charge in [0.2, 0.25) is 0 Å². The van der Waals surface area contributed by atoms with E-state index in [1.807, 2.05) is 60.0 Å². The van der Waals surface area contributed by atoms with Gasteiger partial charge in [0.25, 0.3) is 0 Å². The highest BCUT2D eigenvalue weighted by Crippen LogP contribution is 2.43. The largest absolute Gasteiger partial charge is 0.456 e. The van der Waals surface area contributed by atoms with Crippen LogP contribution in [0.1, 0.15) is 34.9 Å². The van der Waals surface area contributed by atoms with E-state index in [1.165, 1.54) is 36.7 Å². The molecule has 11 aromatic rings. The fraction of sp³-hybridized carbons (Fsp3) is 0.0345. The lowest BCUT2D eigenvalue weighted by Crippen LogP contribution is -2.00. The summed E-state index contributed by atoms with van der Waals surface area (Å²) < 4.78 is 11.4. The number of aromatic nitrogens is 1. The molecular formula is C58H41N3OS. The number of hydrogen-bond acceptors (Lipinski definition) is 3. The second-order valence-electron chi connectivity index (χ2n) is 15.7. The molecule has 0 atom stereocenters. The number of aliphatic imine (C=N–C) groups is 2. The van der Waals surface area contributed by atoms with Gasteiger partial charge in [0, 0.05) is 64.9 Å². The van der Waals surface area contributed by atoms with Crippen molar-refractivity contribution in [3.8, 4) is 27.9 Å². The van der Waals surface area contributed by atoms with Gasteiger partial charge in [-0.3, -0.25) is 4.99 Å². The van der Waals surface area contributed by atoms with E-state index in [4.69, 9.17) is 14.4 Å². The lowest BCUT2D eigenvalue weighted by molar-refractivity contribution is 0.669. The highest BCUT2D eigenvalue weighted by molar-refractivity contribution is 7.26. The summed E-state index contributed by atoms with van der Waals surface area (Å²) in [6.45, 7) is 6.79. The van der Waals surface area contributed by atoms with Crippen molar-refractivity contribution in [3.63, 3.8) is 0 Å². The van der Waals surface area contributed by atoms with Gasteiger partial charge in [-0.1, -0.05) is 152 Å². The Hall–Kier alpha value is -7.86. The zero-order chi connectivity index (χ0) is 42.3. The second kappa shape index (κ2) is 16.2. The predicted molar refractivity (Wildman–Crippen MR) is 270 cm³/mol. The Morgan fingerprint density at radius 2 is 1.40 bits per heavy atom. The topological polar surface area (TPSA) is 42.8 Å². The summed E-state index contributed by atoms with van der Waals surface area (Å²) in [5.74, 6) is 0.672. The molecule has 0 bridgehead atoms. The summed E-state index contributed by atoms with van der Waals surface area (Å²) in [5.41, 5.74) is 13.9. The Balaban J connectivity index is 1.02. The molecule has 3 heterocycles. The first kappa shape index (κ1) is 38.1. The van der Waals surface area contributed by atoms with Crippen molar-refractivity contribution in [1.29, 1.82) is 0 Å². The quantitative estimate of drug-likeness (QED) is 0.106. The van der Waals surface area contributed by atoms with Crippen LogP contribution < -0.4 is 0 Å². The minimum absolute atomic E-state index is 0.523. The van der Waals surface area contributed by atoms with Crippen molar-refractivity contribution in [2.45, 2.75) is 13.5 Å². The smallest absolute Gasteiger partial charge is 0.154 e. The van der Waals surface area contributed by atoms with Crippen LogP contribution in [0.25, 0.3) is 93.1 Å². The molecule has 63 heavy (non-hydrogen) atoms. The van der Waals surface area contributed by atoms with Gasteiger partial charge in [0.1, 0.15) is 11.2 Å². The summed E-state index contributed by atoms with van der Waals surface area (Å²) in [4.78, 5) is 10.2. The van der Waals surface area contributed by atoms with Gasteiger partial charge in [-0.2, -0.15) is 0 Å². The van der Waals surface area contributed by atoms with Gasteiger partial charge in [-0.05, 0) is 89.3 Å². The first-order valence-corrected chi connectivity index (χ1v) is 22.0. The van der Waals surface area contributed by atoms with Crippen molar-refractivity contribution < 1.29 is 4.42 Å². The number of nitrogens with zero attached hydrogens (tertiary/aromatic N) is 3. The number of fused-ring (bicyclic) bond motifs is 7. The summed E-state index contributed by atoms with van der Waals surface area (Å²) in [7, 11) is 0. The monoisotopic (exact) mass is 827 g/mol. The molecule has 0 aliphatic rings. The van der Waals surface area contributed by atoms with Crippen molar-refractivity contribution >= 4 is 88.6 Å². The lowest BCUT2D eigenvalue weighted by Gasteiger charge is -2.11. The minimum atomic E-state index is 0.523. The Bertz CT molecular complexity index is 3600. The Morgan fingerprint density at radius 1 is 0.635 bits per heavy atom. The molecule has 3 aromatic heterocycles. The van der Waals surface area contributed by atoms with Crippen LogP contribution in [0.5, 0.6) is 0 Å². The highest BCUT2D eigenvalue weighted by Gasteiger charge is 2.19. The Kier molecular flexibility index (Phi) is 9.80. The van der Waals surface area contributed by atoms with E-state index >= 15 is 0 Å². The standard InChI is InChI=1S/C58H41N3OS/c1-3-15-50-45(4-2)47-21-11-12-23-51(47)61(50)44-31-33-54-49(35-44)57-46(22-14-25-55(57)63-54)42-30-32-52-48(34-42)56-43(20-13-24-53(56)62-52)37-60-58(59-36-38-16-7-5-8-17-38)41-28-26-40(27-29-41)39-18-9-6-10-19-39/h3-35,37H,2,36H2,1H3/b15-3-,59-58?,60-37?. The number of benzene rings is 8. The SMILES string of the molecule is C=Cc1c(/C=C\C)n(-c2ccc3sc4cccc(-c5ccc6oc7cccc(C=NC(=NCc8ccccc8)c8ccc(-c9ccccc9)cc8)c7c6c5)c4c3c2)c2ccccc12. The van der Waals surface area contributed by atoms with E-state index in [0.29, 0.717) is 12.4 Å². The molecule has 300 valence electrons. The van der Waals surface area contributed by atoms with Crippen LogP contribution in [-0.4, -0.2) is 16.6 Å². The zero-order valence-corrected chi connectivity index (χ0v) is 35.5. The number of thiophene rings is 1. The van der Waals surface area contributed by atoms with E-state index in [2.05, 4.69) is 176 Å². The van der Waals surface area contributed by atoms with E-state index < -0.39 is 0 Å². The molecule has 5 heteroatoms. The lowest BCUT2D eigenvalue weighted by atomic mass is 9.97. The summed E-state index contributed by atoms with van der Waals surface area (Å²) in [5, 5.41) is 5.74. The van der Waals surface area contributed by atoms with Gasteiger partial charge in [0.05, 0.1) is 17.8 Å². The van der Waals surface area contributed by atoms with Crippen molar-refractivity contribution in [2.24, 2.45) is 9.98 Å². The number of amidine groups is 1. The zero-order valence-electron chi connectivity index (χ0n) is 34.7. The third-order valence-electron chi connectivity index (χ3n) is 11.9. The average Bonchev–Trinajstić information content (AvgIpc) is 4.01. The molecular weight excluding hydrogens is 787 g/mol. The van der Waals surface area contributed by atoms with Gasteiger partial charge in [-0.25, -0.2) is 4.99 Å². The third-order valence-corrected chi connectivity index (χ3v) is 13.0. The fourth-order valence-electron chi connectivity index (χ4n) is 8.95. The highest BCUT2D eigenvalue weighted by atomic mass is 32.1. The van der Waals surface area contributed by atoms with E-state index in [0.717, 1.165) is 72.2 Å². The number of hydrogen-bond donors (Lipinski definition) is 0. The molecule has 0 N–H and O–H groups in total. The molecule has 0 aliphatic heterocycles. The molecule has 0 saturated carbocycles. The molecule has 0 unspecified atom stereocenters. The van der Waals surface area contributed by atoms with Gasteiger partial charge >= 0.3 is 0 Å². The molecule has 4 nitrogen and oxygen atoms in total. The van der Waals surface area contributed by atoms with Crippen LogP contribution in [-0.2, 0) is 6.54 Å². The first-order chi connectivity index (χ1) is 31.1. The molecule has 8 aromatic carbocycles. The fourth-order valence-corrected chi connectivity index (χ4v) is 10.1. The number of furan rings is 1. The number of para-hydroxylation sites is 1. The summed E-state index contributed by atoms with van der Waals surface area (Å²) in [6, 6.07) is 64.1. The van der Waals surface area contributed by atoms with Crippen LogP contribution in [0, 0.1) is 0 Å². The van der Waals surface area contributed by atoms with E-state index in [1.54, 1.807) is 0 Å². The Morgan fingerprint density at radius 3 is 2.22 bits per heavy atom. The average molecular weight is 828 g/mol. The summed E-state index contributed by atoms with van der Waals surface area (Å²) >= 11 is 1.84. The van der Waals surface area contributed by atoms with Crippen LogP contribution in [0.4, 0.5) is 0 Å². The van der Waals surface area contributed by atoms with E-state index in [-0.39, 0.29) is 0 Å². The maximum Gasteiger partial charge on any atom is 0.154 e. The van der Waals surface area contributed by atoms with Crippen LogP contribution in [0.2, 0.25) is 0 Å². The molecule has 0 saturated heterocycles. The maximum atomic E-state index is 6.52. The maximum absolute atomic E-state index is 6.52. The normalized spacial score (nSPS) is 12.3.